The van der Waals surface area contributed by atoms with E-state index >= 15 is 0 Å². The van der Waals surface area contributed by atoms with E-state index in [-0.39, 0.29) is 11.7 Å². The van der Waals surface area contributed by atoms with Crippen LogP contribution in [0, 0.1) is 5.82 Å². The number of amides is 1. The molecule has 1 aromatic heterocycles. The molecule has 1 N–H and O–H groups in total. The first kappa shape index (κ1) is 23.4. The van der Waals surface area contributed by atoms with Crippen molar-refractivity contribution >= 4 is 17.2 Å². The van der Waals surface area contributed by atoms with E-state index in [1.165, 1.54) is 17.4 Å². The quantitative estimate of drug-likeness (QED) is 0.482. The van der Waals surface area contributed by atoms with Gasteiger partial charge in [0.1, 0.15) is 18.2 Å². The normalized spacial score (nSPS) is 14.4. The molecule has 1 saturated heterocycles. The molecule has 0 saturated carbocycles. The number of nitrogens with one attached hydrogen (secondary N) is 1. The summed E-state index contributed by atoms with van der Waals surface area (Å²) < 4.78 is 25.4. The fourth-order valence-corrected chi connectivity index (χ4v) is 4.85. The monoisotopic (exact) mass is 468 g/mol. The van der Waals surface area contributed by atoms with Crippen LogP contribution in [-0.4, -0.2) is 50.3 Å². The summed E-state index contributed by atoms with van der Waals surface area (Å²) in [6, 6.07) is 18.4. The first-order valence-corrected chi connectivity index (χ1v) is 12.0. The largest absolute Gasteiger partial charge is 0.492 e. The van der Waals surface area contributed by atoms with Crippen LogP contribution in [0.15, 0.2) is 60.7 Å². The Hall–Kier alpha value is -2.74. The van der Waals surface area contributed by atoms with Crippen molar-refractivity contribution in [3.05, 3.63) is 76.9 Å². The van der Waals surface area contributed by atoms with E-state index in [4.69, 9.17) is 9.47 Å². The molecule has 0 bridgehead atoms. The number of rotatable bonds is 9. The molecule has 33 heavy (non-hydrogen) atoms. The van der Waals surface area contributed by atoms with Crippen LogP contribution in [0.1, 0.15) is 28.1 Å². The van der Waals surface area contributed by atoms with Gasteiger partial charge in [0.05, 0.1) is 4.88 Å². The summed E-state index contributed by atoms with van der Waals surface area (Å²) >= 11 is 1.28. The Morgan fingerprint density at radius 3 is 2.79 bits per heavy atom. The zero-order chi connectivity index (χ0) is 23.0. The Morgan fingerprint density at radius 1 is 1.15 bits per heavy atom. The summed E-state index contributed by atoms with van der Waals surface area (Å²) in [5, 5.41) is 2.94. The highest BCUT2D eigenvalue weighted by Crippen LogP contribution is 2.30. The van der Waals surface area contributed by atoms with Crippen molar-refractivity contribution in [2.24, 2.45) is 0 Å². The Balaban J connectivity index is 1.26. The van der Waals surface area contributed by atoms with Crippen molar-refractivity contribution in [1.82, 2.24) is 10.2 Å². The smallest absolute Gasteiger partial charge is 0.261 e. The zero-order valence-corrected chi connectivity index (χ0v) is 19.6. The number of benzene rings is 2. The Morgan fingerprint density at radius 2 is 1.97 bits per heavy atom. The first-order chi connectivity index (χ1) is 16.1. The van der Waals surface area contributed by atoms with Crippen LogP contribution in [-0.2, 0) is 11.3 Å². The highest BCUT2D eigenvalue weighted by molar-refractivity contribution is 7.17. The number of nitrogens with zero attached hydrogens (tertiary/aromatic N) is 1. The maximum atomic E-state index is 14.0. The van der Waals surface area contributed by atoms with Crippen LogP contribution in [0.3, 0.4) is 0 Å². The van der Waals surface area contributed by atoms with Gasteiger partial charge in [-0.05, 0) is 55.8 Å². The van der Waals surface area contributed by atoms with Crippen molar-refractivity contribution in [2.75, 3.05) is 33.4 Å². The van der Waals surface area contributed by atoms with Gasteiger partial charge >= 0.3 is 0 Å². The summed E-state index contributed by atoms with van der Waals surface area (Å²) in [6.45, 7) is 3.52. The molecule has 0 spiro atoms. The Kier molecular flexibility index (Phi) is 8.10. The van der Waals surface area contributed by atoms with Gasteiger partial charge in [0.15, 0.2) is 0 Å². The van der Waals surface area contributed by atoms with Gasteiger partial charge in [-0.25, -0.2) is 4.39 Å². The highest BCUT2D eigenvalue weighted by Gasteiger charge is 2.18. The zero-order valence-electron chi connectivity index (χ0n) is 18.8. The Bertz CT molecular complexity index is 1060. The molecule has 7 heteroatoms. The number of likely N-dealkylation sites (N-methyl/N-ethyl adjacent to an activating group) is 1. The van der Waals surface area contributed by atoms with Crippen LogP contribution in [0.5, 0.6) is 5.75 Å². The standard InChI is InChI=1S/C26H29FN2O3S/c1-29(20-11-14-31-15-12-20)13-16-32-21-6-4-5-19(17-21)18-28-26(30)25-10-9-24(33-25)22-7-2-3-8-23(22)27/h2-10,17,20H,11-16,18H2,1H3,(H,28,30). The van der Waals surface area contributed by atoms with Crippen molar-refractivity contribution < 1.29 is 18.7 Å². The minimum absolute atomic E-state index is 0.174. The van der Waals surface area contributed by atoms with Crippen molar-refractivity contribution in [3.8, 4) is 16.2 Å². The van der Waals surface area contributed by atoms with Gasteiger partial charge in [-0.1, -0.05) is 30.3 Å². The third kappa shape index (κ3) is 6.41. The number of carbonyl (C=O) groups excluding carboxylic acids is 1. The number of halogens is 1. The van der Waals surface area contributed by atoms with E-state index < -0.39 is 0 Å². The molecule has 0 aliphatic carbocycles. The molecule has 1 aliphatic heterocycles. The molecule has 0 radical (unpaired) electrons. The van der Waals surface area contributed by atoms with Gasteiger partial charge in [-0.3, -0.25) is 9.69 Å². The Labute approximate surface area is 198 Å². The van der Waals surface area contributed by atoms with E-state index in [1.807, 2.05) is 24.3 Å². The molecule has 0 unspecified atom stereocenters. The van der Waals surface area contributed by atoms with Crippen LogP contribution >= 0.6 is 11.3 Å². The van der Waals surface area contributed by atoms with E-state index in [1.54, 1.807) is 30.3 Å². The van der Waals surface area contributed by atoms with Crippen LogP contribution in [0.2, 0.25) is 0 Å². The minimum atomic E-state index is -0.290. The maximum absolute atomic E-state index is 14.0. The molecule has 1 fully saturated rings. The summed E-state index contributed by atoms with van der Waals surface area (Å²) in [7, 11) is 2.13. The predicted molar refractivity (Wildman–Crippen MR) is 129 cm³/mol. The van der Waals surface area contributed by atoms with E-state index in [0.717, 1.165) is 48.8 Å². The second kappa shape index (κ2) is 11.4. The van der Waals surface area contributed by atoms with E-state index in [9.17, 15) is 9.18 Å². The summed E-state index contributed by atoms with van der Waals surface area (Å²) in [6.07, 6.45) is 2.13. The van der Waals surface area contributed by atoms with Crippen molar-refractivity contribution in [2.45, 2.75) is 25.4 Å². The van der Waals surface area contributed by atoms with Gasteiger partial charge < -0.3 is 14.8 Å². The molecular weight excluding hydrogens is 439 g/mol. The van der Waals surface area contributed by atoms with Crippen LogP contribution < -0.4 is 10.1 Å². The molecule has 1 amide bonds. The lowest BCUT2D eigenvalue weighted by Gasteiger charge is -2.31. The third-order valence-corrected chi connectivity index (χ3v) is 6.96. The molecule has 2 aromatic carbocycles. The van der Waals surface area contributed by atoms with Crippen LogP contribution in [0.25, 0.3) is 10.4 Å². The molecule has 1 aliphatic rings. The van der Waals surface area contributed by atoms with Gasteiger partial charge in [0, 0.05) is 42.8 Å². The first-order valence-electron chi connectivity index (χ1n) is 11.2. The second-order valence-electron chi connectivity index (χ2n) is 8.15. The van der Waals surface area contributed by atoms with Gasteiger partial charge in [-0.15, -0.1) is 11.3 Å². The van der Waals surface area contributed by atoms with Crippen LogP contribution in [0.4, 0.5) is 4.39 Å². The third-order valence-electron chi connectivity index (χ3n) is 5.85. The lowest BCUT2D eigenvalue weighted by molar-refractivity contribution is 0.0392. The average molecular weight is 469 g/mol. The fourth-order valence-electron chi connectivity index (χ4n) is 3.90. The van der Waals surface area contributed by atoms with Crippen molar-refractivity contribution in [3.63, 3.8) is 0 Å². The topological polar surface area (TPSA) is 50.8 Å². The number of carbonyl (C=O) groups is 1. The molecule has 2 heterocycles. The maximum Gasteiger partial charge on any atom is 0.261 e. The van der Waals surface area contributed by atoms with E-state index in [0.29, 0.717) is 29.6 Å². The van der Waals surface area contributed by atoms with Crippen molar-refractivity contribution in [1.29, 1.82) is 0 Å². The van der Waals surface area contributed by atoms with E-state index in [2.05, 4.69) is 17.3 Å². The minimum Gasteiger partial charge on any atom is -0.492 e. The number of hydrogen-bond acceptors (Lipinski definition) is 5. The average Bonchev–Trinajstić information content (AvgIpc) is 3.34. The molecular formula is C26H29FN2O3S. The lowest BCUT2D eigenvalue weighted by Crippen LogP contribution is -2.38. The second-order valence-corrected chi connectivity index (χ2v) is 9.23. The summed E-state index contributed by atoms with van der Waals surface area (Å²) in [5.74, 6) is 0.328. The van der Waals surface area contributed by atoms with Gasteiger partial charge in [-0.2, -0.15) is 0 Å². The SMILES string of the molecule is CN(CCOc1cccc(CNC(=O)c2ccc(-c3ccccc3F)s2)c1)C1CCOCC1. The molecule has 4 rings (SSSR count). The molecule has 174 valence electrons. The molecule has 3 aromatic rings. The van der Waals surface area contributed by atoms with Gasteiger partial charge in [0.25, 0.3) is 5.91 Å². The molecule has 5 nitrogen and oxygen atoms in total. The predicted octanol–water partition coefficient (Wildman–Crippen LogP) is 4.97. The highest BCUT2D eigenvalue weighted by atomic mass is 32.1. The summed E-state index contributed by atoms with van der Waals surface area (Å²) in [4.78, 5) is 16.2. The fraction of sp³-hybridized carbons (Fsp3) is 0.346. The van der Waals surface area contributed by atoms with Gasteiger partial charge in [0.2, 0.25) is 0 Å². The number of ether oxygens (including phenoxy) is 2. The molecule has 0 atom stereocenters. The number of thiophene rings is 1. The number of hydrogen-bond donors (Lipinski definition) is 1. The summed E-state index contributed by atoms with van der Waals surface area (Å²) in [5.41, 5.74) is 1.47. The lowest BCUT2D eigenvalue weighted by atomic mass is 10.1.